The highest BCUT2D eigenvalue weighted by molar-refractivity contribution is 5.14. The average Bonchev–Trinajstić information content (AvgIpc) is 3.30. The summed E-state index contributed by atoms with van der Waals surface area (Å²) in [5.74, 6) is 0. The summed E-state index contributed by atoms with van der Waals surface area (Å²) < 4.78 is 0. The summed E-state index contributed by atoms with van der Waals surface area (Å²) in [6.07, 6.45) is 9.72. The van der Waals surface area contributed by atoms with E-state index < -0.39 is 0 Å². The standard InChI is InChI=1S/C18H28N2/c1-2-7-16(8-3-1)15-20-14-5-4-9-18(20)10-6-13-19-17-11-12-17/h1-3,7-8,17-19H,4-6,9-15H2. The molecule has 2 aliphatic rings. The van der Waals surface area contributed by atoms with E-state index >= 15 is 0 Å². The predicted octanol–water partition coefficient (Wildman–Crippen LogP) is 3.57. The fourth-order valence-electron chi connectivity index (χ4n) is 3.34. The molecule has 0 radical (unpaired) electrons. The molecule has 0 amide bonds. The molecule has 110 valence electrons. The number of piperidine rings is 1. The van der Waals surface area contributed by atoms with Gasteiger partial charge in [-0.1, -0.05) is 36.8 Å². The SMILES string of the molecule is c1ccc(CN2CCCCC2CCCNC2CC2)cc1. The highest BCUT2D eigenvalue weighted by atomic mass is 15.2. The summed E-state index contributed by atoms with van der Waals surface area (Å²) in [5, 5.41) is 3.64. The molecule has 0 bridgehead atoms. The Morgan fingerprint density at radius 2 is 1.90 bits per heavy atom. The fourth-order valence-corrected chi connectivity index (χ4v) is 3.34. The lowest BCUT2D eigenvalue weighted by atomic mass is 9.97. The molecule has 1 N–H and O–H groups in total. The molecule has 0 aromatic heterocycles. The van der Waals surface area contributed by atoms with Crippen molar-refractivity contribution in [1.29, 1.82) is 0 Å². The molecule has 1 aromatic carbocycles. The molecule has 1 saturated heterocycles. The van der Waals surface area contributed by atoms with Gasteiger partial charge in [-0.25, -0.2) is 0 Å². The van der Waals surface area contributed by atoms with E-state index in [0.717, 1.165) is 18.6 Å². The van der Waals surface area contributed by atoms with Crippen molar-refractivity contribution in [3.63, 3.8) is 0 Å². The van der Waals surface area contributed by atoms with E-state index in [0.29, 0.717) is 0 Å². The summed E-state index contributed by atoms with van der Waals surface area (Å²) in [7, 11) is 0. The third-order valence-electron chi connectivity index (χ3n) is 4.70. The van der Waals surface area contributed by atoms with Crippen LogP contribution in [0.1, 0.15) is 50.5 Å². The second-order valence-corrected chi connectivity index (χ2v) is 6.48. The van der Waals surface area contributed by atoms with Gasteiger partial charge in [0.25, 0.3) is 0 Å². The fraction of sp³-hybridized carbons (Fsp3) is 0.667. The molecule has 2 nitrogen and oxygen atoms in total. The Balaban J connectivity index is 1.45. The van der Waals surface area contributed by atoms with E-state index in [1.165, 1.54) is 63.6 Å². The normalized spacial score (nSPS) is 23.9. The van der Waals surface area contributed by atoms with Crippen LogP contribution >= 0.6 is 0 Å². The van der Waals surface area contributed by atoms with Crippen molar-refractivity contribution in [2.45, 2.75) is 63.6 Å². The first-order chi connectivity index (χ1) is 9.92. The molecule has 1 aliphatic carbocycles. The Labute approximate surface area is 123 Å². The maximum absolute atomic E-state index is 3.64. The Morgan fingerprint density at radius 1 is 1.05 bits per heavy atom. The summed E-state index contributed by atoms with van der Waals surface area (Å²) in [5.41, 5.74) is 1.47. The predicted molar refractivity (Wildman–Crippen MR) is 84.7 cm³/mol. The van der Waals surface area contributed by atoms with E-state index in [1.54, 1.807) is 0 Å². The summed E-state index contributed by atoms with van der Waals surface area (Å²) >= 11 is 0. The van der Waals surface area contributed by atoms with Crippen molar-refractivity contribution in [1.82, 2.24) is 10.2 Å². The van der Waals surface area contributed by atoms with Gasteiger partial charge < -0.3 is 5.32 Å². The van der Waals surface area contributed by atoms with E-state index in [1.807, 2.05) is 0 Å². The number of rotatable bonds is 7. The van der Waals surface area contributed by atoms with Gasteiger partial charge in [0, 0.05) is 18.6 Å². The third kappa shape index (κ3) is 4.32. The zero-order valence-electron chi connectivity index (χ0n) is 12.6. The lowest BCUT2D eigenvalue weighted by Gasteiger charge is -2.36. The van der Waals surface area contributed by atoms with E-state index in [-0.39, 0.29) is 0 Å². The van der Waals surface area contributed by atoms with Crippen LogP contribution in [0.25, 0.3) is 0 Å². The lowest BCUT2D eigenvalue weighted by molar-refractivity contribution is 0.130. The van der Waals surface area contributed by atoms with Crippen molar-refractivity contribution in [2.24, 2.45) is 0 Å². The van der Waals surface area contributed by atoms with Crippen LogP contribution in [0.15, 0.2) is 30.3 Å². The van der Waals surface area contributed by atoms with Crippen LogP contribution in [-0.4, -0.2) is 30.1 Å². The van der Waals surface area contributed by atoms with Crippen molar-refractivity contribution < 1.29 is 0 Å². The number of likely N-dealkylation sites (tertiary alicyclic amines) is 1. The number of nitrogens with one attached hydrogen (secondary N) is 1. The second-order valence-electron chi connectivity index (χ2n) is 6.48. The molecule has 1 heterocycles. The molecular formula is C18H28N2. The number of benzene rings is 1. The largest absolute Gasteiger partial charge is 0.314 e. The second kappa shape index (κ2) is 7.24. The van der Waals surface area contributed by atoms with E-state index in [2.05, 4.69) is 40.5 Å². The van der Waals surface area contributed by atoms with Crippen LogP contribution in [0.4, 0.5) is 0 Å². The molecule has 2 heteroatoms. The van der Waals surface area contributed by atoms with Crippen molar-refractivity contribution in [3.8, 4) is 0 Å². The van der Waals surface area contributed by atoms with Gasteiger partial charge in [-0.05, 0) is 57.2 Å². The van der Waals surface area contributed by atoms with Gasteiger partial charge in [0.15, 0.2) is 0 Å². The molecule has 1 unspecified atom stereocenters. The first-order valence-corrected chi connectivity index (χ1v) is 8.43. The van der Waals surface area contributed by atoms with Gasteiger partial charge in [-0.15, -0.1) is 0 Å². The summed E-state index contributed by atoms with van der Waals surface area (Å²) in [6, 6.07) is 12.6. The van der Waals surface area contributed by atoms with Gasteiger partial charge >= 0.3 is 0 Å². The molecule has 20 heavy (non-hydrogen) atoms. The highest BCUT2D eigenvalue weighted by Gasteiger charge is 2.23. The first-order valence-electron chi connectivity index (χ1n) is 8.43. The topological polar surface area (TPSA) is 15.3 Å². The Morgan fingerprint density at radius 3 is 2.70 bits per heavy atom. The maximum Gasteiger partial charge on any atom is 0.0236 e. The highest BCUT2D eigenvalue weighted by Crippen LogP contribution is 2.23. The van der Waals surface area contributed by atoms with Gasteiger partial charge in [0.1, 0.15) is 0 Å². The minimum absolute atomic E-state index is 0.810. The van der Waals surface area contributed by atoms with Crippen molar-refractivity contribution >= 4 is 0 Å². The lowest BCUT2D eigenvalue weighted by Crippen LogP contribution is -2.39. The molecule has 1 saturated carbocycles. The molecule has 2 fully saturated rings. The van der Waals surface area contributed by atoms with Crippen LogP contribution in [0.5, 0.6) is 0 Å². The third-order valence-corrected chi connectivity index (χ3v) is 4.70. The maximum atomic E-state index is 3.64. The molecule has 1 atom stereocenters. The van der Waals surface area contributed by atoms with Crippen LogP contribution in [0.3, 0.4) is 0 Å². The monoisotopic (exact) mass is 272 g/mol. The Hall–Kier alpha value is -0.860. The number of hydrogen-bond donors (Lipinski definition) is 1. The van der Waals surface area contributed by atoms with Crippen LogP contribution in [0, 0.1) is 0 Å². The van der Waals surface area contributed by atoms with Crippen LogP contribution in [0.2, 0.25) is 0 Å². The minimum atomic E-state index is 0.810. The van der Waals surface area contributed by atoms with E-state index in [9.17, 15) is 0 Å². The molecule has 1 aliphatic heterocycles. The van der Waals surface area contributed by atoms with Gasteiger partial charge in [-0.3, -0.25) is 4.90 Å². The molecule has 3 rings (SSSR count). The minimum Gasteiger partial charge on any atom is -0.314 e. The Kier molecular flexibility index (Phi) is 5.10. The average molecular weight is 272 g/mol. The zero-order valence-corrected chi connectivity index (χ0v) is 12.6. The molecule has 1 aromatic rings. The smallest absolute Gasteiger partial charge is 0.0236 e. The van der Waals surface area contributed by atoms with Gasteiger partial charge in [0.2, 0.25) is 0 Å². The van der Waals surface area contributed by atoms with Gasteiger partial charge in [0.05, 0.1) is 0 Å². The first kappa shape index (κ1) is 14.1. The van der Waals surface area contributed by atoms with Crippen molar-refractivity contribution in [2.75, 3.05) is 13.1 Å². The van der Waals surface area contributed by atoms with Crippen LogP contribution in [-0.2, 0) is 6.54 Å². The van der Waals surface area contributed by atoms with E-state index in [4.69, 9.17) is 0 Å². The molecule has 0 spiro atoms. The summed E-state index contributed by atoms with van der Waals surface area (Å²) in [4.78, 5) is 2.72. The Bertz CT molecular complexity index is 386. The zero-order chi connectivity index (χ0) is 13.6. The van der Waals surface area contributed by atoms with Crippen molar-refractivity contribution in [3.05, 3.63) is 35.9 Å². The number of nitrogens with zero attached hydrogens (tertiary/aromatic N) is 1. The van der Waals surface area contributed by atoms with Crippen LogP contribution < -0.4 is 5.32 Å². The van der Waals surface area contributed by atoms with Gasteiger partial charge in [-0.2, -0.15) is 0 Å². The summed E-state index contributed by atoms with van der Waals surface area (Å²) in [6.45, 7) is 3.65. The quantitative estimate of drug-likeness (QED) is 0.763. The number of hydrogen-bond acceptors (Lipinski definition) is 2. The molecular weight excluding hydrogens is 244 g/mol.